The van der Waals surface area contributed by atoms with Gasteiger partial charge in [0.15, 0.2) is 0 Å². The zero-order chi connectivity index (χ0) is 33.5. The van der Waals surface area contributed by atoms with E-state index in [2.05, 4.69) is 140 Å². The first-order valence-corrected chi connectivity index (χ1v) is 17.0. The number of nitrogens with zero attached hydrogens (tertiary/aromatic N) is 1. The van der Waals surface area contributed by atoms with Crippen molar-refractivity contribution in [2.75, 3.05) is 0 Å². The summed E-state index contributed by atoms with van der Waals surface area (Å²) in [7, 11) is 0. The maximum Gasteiger partial charge on any atom is 0.132 e. The number of benzene rings is 7. The van der Waals surface area contributed by atoms with E-state index in [0.717, 1.165) is 56.2 Å². The average molecular weight is 643 g/mol. The fourth-order valence-corrected chi connectivity index (χ4v) is 7.73. The van der Waals surface area contributed by atoms with Crippen molar-refractivity contribution < 1.29 is 4.74 Å². The van der Waals surface area contributed by atoms with Gasteiger partial charge in [0.2, 0.25) is 0 Å². The predicted octanol–water partition coefficient (Wildman–Crippen LogP) is 10.8. The van der Waals surface area contributed by atoms with Crippen molar-refractivity contribution in [3.05, 3.63) is 221 Å². The molecule has 7 aromatic carbocycles. The lowest BCUT2D eigenvalue weighted by atomic mass is 9.66. The third-order valence-corrected chi connectivity index (χ3v) is 10.0. The molecule has 0 aromatic heterocycles. The van der Waals surface area contributed by atoms with Gasteiger partial charge in [0.05, 0.1) is 17.7 Å². The Morgan fingerprint density at radius 2 is 1.10 bits per heavy atom. The molecule has 238 valence electrons. The van der Waals surface area contributed by atoms with E-state index < -0.39 is 5.41 Å². The van der Waals surface area contributed by atoms with Gasteiger partial charge < -0.3 is 10.5 Å². The Morgan fingerprint density at radius 1 is 0.520 bits per heavy atom. The summed E-state index contributed by atoms with van der Waals surface area (Å²) in [5, 5.41) is 0. The van der Waals surface area contributed by atoms with Crippen LogP contribution in [0.15, 0.2) is 187 Å². The third kappa shape index (κ3) is 4.86. The Balaban J connectivity index is 1.16. The van der Waals surface area contributed by atoms with Crippen LogP contribution >= 0.6 is 0 Å². The molecule has 3 nitrogen and oxygen atoms in total. The molecule has 9 rings (SSSR count). The Labute approximate surface area is 292 Å². The van der Waals surface area contributed by atoms with Crippen LogP contribution in [0.4, 0.5) is 0 Å². The number of allylic oxidation sites excluding steroid dienone is 1. The fraction of sp³-hybridized carbons (Fsp3) is 0.0426. The minimum Gasteiger partial charge on any atom is -0.457 e. The van der Waals surface area contributed by atoms with E-state index in [1.165, 1.54) is 22.3 Å². The van der Waals surface area contributed by atoms with Crippen molar-refractivity contribution in [2.45, 2.75) is 12.0 Å². The smallest absolute Gasteiger partial charge is 0.132 e. The lowest BCUT2D eigenvalue weighted by Crippen LogP contribution is -2.32. The van der Waals surface area contributed by atoms with Gasteiger partial charge >= 0.3 is 0 Å². The second-order valence-corrected chi connectivity index (χ2v) is 12.9. The first kappa shape index (κ1) is 29.7. The van der Waals surface area contributed by atoms with E-state index in [4.69, 9.17) is 15.5 Å². The lowest BCUT2D eigenvalue weighted by Gasteiger charge is -2.39. The monoisotopic (exact) mass is 642 g/mol. The molecule has 0 saturated heterocycles. The molecule has 7 aromatic rings. The van der Waals surface area contributed by atoms with E-state index in [9.17, 15) is 0 Å². The van der Waals surface area contributed by atoms with Gasteiger partial charge in [-0.25, -0.2) is 0 Å². The number of nitrogens with two attached hydrogens (primary N) is 1. The summed E-state index contributed by atoms with van der Waals surface area (Å²) in [5.74, 6) is 1.78. The maximum absolute atomic E-state index is 6.88. The zero-order valence-electron chi connectivity index (χ0n) is 27.5. The number of para-hydroxylation sites is 2. The van der Waals surface area contributed by atoms with Crippen molar-refractivity contribution in [3.8, 4) is 33.8 Å². The number of hydrogen-bond acceptors (Lipinski definition) is 3. The van der Waals surface area contributed by atoms with E-state index in [-0.39, 0.29) is 0 Å². The quantitative estimate of drug-likeness (QED) is 0.184. The number of hydrogen-bond donors (Lipinski definition) is 1. The van der Waals surface area contributed by atoms with Crippen LogP contribution < -0.4 is 10.5 Å². The van der Waals surface area contributed by atoms with Gasteiger partial charge in [0, 0.05) is 16.8 Å². The highest BCUT2D eigenvalue weighted by molar-refractivity contribution is 6.12. The van der Waals surface area contributed by atoms with Crippen LogP contribution in [0, 0.1) is 0 Å². The third-order valence-electron chi connectivity index (χ3n) is 10.0. The molecule has 1 aliphatic carbocycles. The topological polar surface area (TPSA) is 47.6 Å². The molecule has 0 bridgehead atoms. The zero-order valence-corrected chi connectivity index (χ0v) is 27.5. The first-order valence-electron chi connectivity index (χ1n) is 17.0. The molecule has 0 atom stereocenters. The maximum atomic E-state index is 6.88. The molecule has 2 aliphatic rings. The predicted molar refractivity (Wildman–Crippen MR) is 205 cm³/mol. The molecular formula is C47H34N2O. The molecule has 0 radical (unpaired) electrons. The lowest BCUT2D eigenvalue weighted by molar-refractivity contribution is 0.436. The summed E-state index contributed by atoms with van der Waals surface area (Å²) in [6.07, 6.45) is 2.00. The highest BCUT2D eigenvalue weighted by Gasteiger charge is 2.50. The van der Waals surface area contributed by atoms with E-state index in [0.29, 0.717) is 12.2 Å². The van der Waals surface area contributed by atoms with Crippen molar-refractivity contribution >= 4 is 11.4 Å². The fourth-order valence-electron chi connectivity index (χ4n) is 7.73. The Kier molecular flexibility index (Phi) is 7.25. The number of ether oxygens (including phenoxy) is 1. The standard InChI is InChI=1S/C47H34N2O/c48-43(30-44(33-16-5-2-6-17-33)49-31-32-14-3-1-4-15-32)36-19-13-18-34(28-36)35-26-27-38-37-20-7-8-21-39(37)47(42(38)29-35)40-22-9-11-24-45(40)50-46-25-12-10-23-41(46)47/h1-30H,31,48H2/b43-30-,49-44?. The van der Waals surface area contributed by atoms with Crippen LogP contribution in [-0.2, 0) is 12.0 Å². The number of fused-ring (bicyclic) bond motifs is 9. The second-order valence-electron chi connectivity index (χ2n) is 12.9. The summed E-state index contributed by atoms with van der Waals surface area (Å²) in [4.78, 5) is 5.00. The van der Waals surface area contributed by atoms with Gasteiger partial charge in [0.25, 0.3) is 0 Å². The van der Waals surface area contributed by atoms with Crippen LogP contribution in [0.1, 0.15) is 38.9 Å². The van der Waals surface area contributed by atoms with E-state index in [1.807, 2.05) is 42.5 Å². The largest absolute Gasteiger partial charge is 0.457 e. The van der Waals surface area contributed by atoms with Crippen LogP contribution in [0.2, 0.25) is 0 Å². The normalized spacial score (nSPS) is 13.9. The van der Waals surface area contributed by atoms with Crippen LogP contribution in [0.3, 0.4) is 0 Å². The van der Waals surface area contributed by atoms with E-state index in [1.54, 1.807) is 0 Å². The molecule has 0 unspecified atom stereocenters. The van der Waals surface area contributed by atoms with Crippen LogP contribution in [0.25, 0.3) is 28.0 Å². The molecule has 1 aliphatic heterocycles. The highest BCUT2D eigenvalue weighted by Crippen LogP contribution is 2.62. The van der Waals surface area contributed by atoms with Crippen molar-refractivity contribution in [1.82, 2.24) is 0 Å². The molecule has 50 heavy (non-hydrogen) atoms. The van der Waals surface area contributed by atoms with Gasteiger partial charge in [-0.2, -0.15) is 0 Å². The minimum absolute atomic E-state index is 0.510. The molecule has 1 heterocycles. The highest BCUT2D eigenvalue weighted by atomic mass is 16.5. The summed E-state index contributed by atoms with van der Waals surface area (Å²) in [5.41, 5.74) is 20.6. The van der Waals surface area contributed by atoms with Crippen molar-refractivity contribution in [3.63, 3.8) is 0 Å². The van der Waals surface area contributed by atoms with Gasteiger partial charge in [-0.1, -0.05) is 152 Å². The second kappa shape index (κ2) is 12.2. The Morgan fingerprint density at radius 3 is 1.84 bits per heavy atom. The van der Waals surface area contributed by atoms with Crippen molar-refractivity contribution in [1.29, 1.82) is 0 Å². The Bertz CT molecular complexity index is 2400. The minimum atomic E-state index is -0.510. The molecule has 0 saturated carbocycles. The summed E-state index contributed by atoms with van der Waals surface area (Å²) in [6, 6.07) is 61.8. The van der Waals surface area contributed by atoms with Gasteiger partial charge in [0.1, 0.15) is 11.5 Å². The SMILES string of the molecule is N/C(=C\C(=NCc1ccccc1)c1ccccc1)c1cccc(-c2ccc3c(c2)C2(c4ccccc4Oc4ccccc42)c2ccccc2-3)c1. The Hall–Kier alpha value is -6.45. The molecule has 0 fully saturated rings. The van der Waals surface area contributed by atoms with Crippen LogP contribution in [-0.4, -0.2) is 5.71 Å². The van der Waals surface area contributed by atoms with Gasteiger partial charge in [-0.05, 0) is 80.4 Å². The number of rotatable bonds is 6. The molecule has 3 heteroatoms. The van der Waals surface area contributed by atoms with E-state index >= 15 is 0 Å². The molecule has 1 spiro atoms. The molecule has 0 amide bonds. The van der Waals surface area contributed by atoms with Crippen LogP contribution in [0.5, 0.6) is 11.5 Å². The van der Waals surface area contributed by atoms with Gasteiger partial charge in [-0.15, -0.1) is 0 Å². The summed E-state index contributed by atoms with van der Waals surface area (Å²) in [6.45, 7) is 0.575. The summed E-state index contributed by atoms with van der Waals surface area (Å²) >= 11 is 0. The average Bonchev–Trinajstić information content (AvgIpc) is 3.47. The molecule has 2 N–H and O–H groups in total. The van der Waals surface area contributed by atoms with Crippen molar-refractivity contribution in [2.24, 2.45) is 10.7 Å². The first-order chi connectivity index (χ1) is 24.7. The summed E-state index contributed by atoms with van der Waals surface area (Å²) < 4.78 is 6.53. The number of aliphatic imine (C=N–C) groups is 1. The van der Waals surface area contributed by atoms with Gasteiger partial charge in [-0.3, -0.25) is 4.99 Å². The molecular weight excluding hydrogens is 609 g/mol.